The van der Waals surface area contributed by atoms with Crippen molar-refractivity contribution in [2.75, 3.05) is 13.7 Å². The monoisotopic (exact) mass is 411 g/mol. The van der Waals surface area contributed by atoms with Gasteiger partial charge in [0.1, 0.15) is 18.1 Å². The van der Waals surface area contributed by atoms with Crippen molar-refractivity contribution < 1.29 is 23.5 Å². The fourth-order valence-corrected chi connectivity index (χ4v) is 3.60. The molecule has 1 N–H and O–H groups in total. The quantitative estimate of drug-likeness (QED) is 0.639. The third-order valence-electron chi connectivity index (χ3n) is 4.74. The van der Waals surface area contributed by atoms with Crippen molar-refractivity contribution in [3.05, 3.63) is 76.7 Å². The second-order valence-electron chi connectivity index (χ2n) is 6.68. The lowest BCUT2D eigenvalue weighted by Crippen LogP contribution is -2.34. The Morgan fingerprint density at radius 2 is 2.03 bits per heavy atom. The standard InChI is InChI=1S/C22H18ClNO5/c1-27-22(26)14-4-2-3-13(7-14)16-8-17-9-18(29-20(17)19(23)10-16)11-24-21(25)15-5-6-28-12-15/h2-8,10,12,18H,9,11H2,1H3,(H,24,25). The number of esters is 1. The molecule has 0 saturated heterocycles. The topological polar surface area (TPSA) is 77.8 Å². The van der Waals surface area contributed by atoms with E-state index in [1.165, 1.54) is 19.6 Å². The highest BCUT2D eigenvalue weighted by molar-refractivity contribution is 6.32. The van der Waals surface area contributed by atoms with Crippen LogP contribution in [-0.2, 0) is 11.2 Å². The summed E-state index contributed by atoms with van der Waals surface area (Å²) < 4.78 is 15.6. The van der Waals surface area contributed by atoms with Crippen molar-refractivity contribution in [2.45, 2.75) is 12.5 Å². The predicted octanol–water partition coefficient (Wildman–Crippen LogP) is 4.12. The fraction of sp³-hybridized carbons (Fsp3) is 0.182. The molecule has 0 saturated carbocycles. The van der Waals surface area contributed by atoms with Gasteiger partial charge in [0.05, 0.1) is 36.1 Å². The molecule has 3 aromatic rings. The highest BCUT2D eigenvalue weighted by atomic mass is 35.5. The Morgan fingerprint density at radius 3 is 2.79 bits per heavy atom. The lowest BCUT2D eigenvalue weighted by Gasteiger charge is -2.12. The predicted molar refractivity (Wildman–Crippen MR) is 107 cm³/mol. The largest absolute Gasteiger partial charge is 0.486 e. The fourth-order valence-electron chi connectivity index (χ4n) is 3.31. The van der Waals surface area contributed by atoms with E-state index in [2.05, 4.69) is 5.32 Å². The van der Waals surface area contributed by atoms with Gasteiger partial charge in [0, 0.05) is 12.0 Å². The molecule has 148 valence electrons. The molecule has 29 heavy (non-hydrogen) atoms. The summed E-state index contributed by atoms with van der Waals surface area (Å²) in [6, 6.07) is 12.6. The molecular weight excluding hydrogens is 394 g/mol. The number of nitrogens with one attached hydrogen (secondary N) is 1. The number of halogens is 1. The maximum absolute atomic E-state index is 12.1. The number of furan rings is 1. The van der Waals surface area contributed by atoms with Crippen LogP contribution in [0.4, 0.5) is 0 Å². The Balaban J connectivity index is 1.50. The number of amides is 1. The van der Waals surface area contributed by atoms with Gasteiger partial charge in [-0.05, 0) is 41.5 Å². The van der Waals surface area contributed by atoms with E-state index in [1.54, 1.807) is 24.3 Å². The zero-order chi connectivity index (χ0) is 20.4. The van der Waals surface area contributed by atoms with Crippen LogP contribution < -0.4 is 10.1 Å². The summed E-state index contributed by atoms with van der Waals surface area (Å²) in [4.78, 5) is 23.9. The summed E-state index contributed by atoms with van der Waals surface area (Å²) in [6.07, 6.45) is 3.25. The van der Waals surface area contributed by atoms with Gasteiger partial charge in [-0.2, -0.15) is 0 Å². The van der Waals surface area contributed by atoms with E-state index in [-0.39, 0.29) is 12.0 Å². The zero-order valence-corrected chi connectivity index (χ0v) is 16.4. The van der Waals surface area contributed by atoms with Crippen molar-refractivity contribution in [3.8, 4) is 16.9 Å². The van der Waals surface area contributed by atoms with Gasteiger partial charge in [0.25, 0.3) is 5.91 Å². The number of hydrogen-bond donors (Lipinski definition) is 1. The summed E-state index contributed by atoms with van der Waals surface area (Å²) in [7, 11) is 1.35. The number of methoxy groups -OCH3 is 1. The SMILES string of the molecule is COC(=O)c1cccc(-c2cc(Cl)c3c(c2)CC(CNC(=O)c2ccoc2)O3)c1. The summed E-state index contributed by atoms with van der Waals surface area (Å²) in [5.74, 6) is 0.0164. The van der Waals surface area contributed by atoms with Crippen LogP contribution in [-0.4, -0.2) is 31.6 Å². The molecule has 1 aromatic heterocycles. The van der Waals surface area contributed by atoms with Crippen LogP contribution in [0.2, 0.25) is 5.02 Å². The molecule has 0 fully saturated rings. The van der Waals surface area contributed by atoms with Gasteiger partial charge in [-0.1, -0.05) is 23.7 Å². The summed E-state index contributed by atoms with van der Waals surface area (Å²) in [6.45, 7) is 0.349. The number of carbonyl (C=O) groups excluding carboxylic acids is 2. The van der Waals surface area contributed by atoms with E-state index in [9.17, 15) is 9.59 Å². The number of benzene rings is 2. The maximum Gasteiger partial charge on any atom is 0.337 e. The van der Waals surface area contributed by atoms with E-state index in [4.69, 9.17) is 25.5 Å². The molecule has 0 spiro atoms. The normalized spacial score (nSPS) is 14.8. The number of ether oxygens (including phenoxy) is 2. The first kappa shape index (κ1) is 19.1. The second kappa shape index (κ2) is 8.01. The van der Waals surface area contributed by atoms with Gasteiger partial charge in [-0.3, -0.25) is 4.79 Å². The van der Waals surface area contributed by atoms with E-state index in [0.717, 1.165) is 16.7 Å². The van der Waals surface area contributed by atoms with Crippen LogP contribution in [0.5, 0.6) is 5.75 Å². The summed E-state index contributed by atoms with van der Waals surface area (Å²) in [5, 5.41) is 3.33. The molecular formula is C22H18ClNO5. The lowest BCUT2D eigenvalue weighted by molar-refractivity contribution is 0.0600. The van der Waals surface area contributed by atoms with Gasteiger partial charge in [-0.25, -0.2) is 4.79 Å². The van der Waals surface area contributed by atoms with Crippen LogP contribution in [0, 0.1) is 0 Å². The maximum atomic E-state index is 12.1. The molecule has 1 amide bonds. The molecule has 6 nitrogen and oxygen atoms in total. The Labute approximate surface area is 172 Å². The van der Waals surface area contributed by atoms with Crippen molar-refractivity contribution in [1.29, 1.82) is 0 Å². The third-order valence-corrected chi connectivity index (χ3v) is 5.02. The number of fused-ring (bicyclic) bond motifs is 1. The van der Waals surface area contributed by atoms with Crippen molar-refractivity contribution in [1.82, 2.24) is 5.32 Å². The van der Waals surface area contributed by atoms with Gasteiger partial charge >= 0.3 is 5.97 Å². The van der Waals surface area contributed by atoms with Crippen molar-refractivity contribution in [3.63, 3.8) is 0 Å². The van der Waals surface area contributed by atoms with Crippen molar-refractivity contribution in [2.24, 2.45) is 0 Å². The summed E-state index contributed by atoms with van der Waals surface area (Å²) >= 11 is 6.45. The molecule has 1 aliphatic heterocycles. The molecule has 2 aromatic carbocycles. The molecule has 1 unspecified atom stereocenters. The molecule has 0 aliphatic carbocycles. The molecule has 7 heteroatoms. The Morgan fingerprint density at radius 1 is 1.17 bits per heavy atom. The van der Waals surface area contributed by atoms with Gasteiger partial charge < -0.3 is 19.2 Å². The van der Waals surface area contributed by atoms with E-state index >= 15 is 0 Å². The van der Waals surface area contributed by atoms with Gasteiger partial charge in [0.2, 0.25) is 0 Å². The Hall–Kier alpha value is -3.25. The van der Waals surface area contributed by atoms with Crippen LogP contribution >= 0.6 is 11.6 Å². The highest BCUT2D eigenvalue weighted by Crippen LogP contribution is 2.39. The zero-order valence-electron chi connectivity index (χ0n) is 15.6. The average Bonchev–Trinajstić information content (AvgIpc) is 3.41. The molecule has 2 heterocycles. The lowest BCUT2D eigenvalue weighted by atomic mass is 9.99. The second-order valence-corrected chi connectivity index (χ2v) is 7.09. The van der Waals surface area contributed by atoms with Crippen LogP contribution in [0.1, 0.15) is 26.3 Å². The number of hydrogen-bond acceptors (Lipinski definition) is 5. The number of carbonyl (C=O) groups is 2. The van der Waals surface area contributed by atoms with E-state index < -0.39 is 5.97 Å². The van der Waals surface area contributed by atoms with Gasteiger partial charge in [-0.15, -0.1) is 0 Å². The first-order chi connectivity index (χ1) is 14.0. The highest BCUT2D eigenvalue weighted by Gasteiger charge is 2.26. The minimum absolute atomic E-state index is 0.213. The van der Waals surface area contributed by atoms with Crippen LogP contribution in [0.15, 0.2) is 59.4 Å². The van der Waals surface area contributed by atoms with Crippen LogP contribution in [0.3, 0.4) is 0 Å². The molecule has 1 aliphatic rings. The smallest absolute Gasteiger partial charge is 0.337 e. The third kappa shape index (κ3) is 3.98. The Kier molecular flexibility index (Phi) is 5.27. The Bertz CT molecular complexity index is 1060. The first-order valence-corrected chi connectivity index (χ1v) is 9.41. The first-order valence-electron chi connectivity index (χ1n) is 9.03. The average molecular weight is 412 g/mol. The van der Waals surface area contributed by atoms with E-state index in [0.29, 0.717) is 34.9 Å². The summed E-state index contributed by atoms with van der Waals surface area (Å²) in [5.41, 5.74) is 3.63. The number of rotatable bonds is 5. The van der Waals surface area contributed by atoms with Crippen LogP contribution in [0.25, 0.3) is 11.1 Å². The van der Waals surface area contributed by atoms with E-state index in [1.807, 2.05) is 18.2 Å². The van der Waals surface area contributed by atoms with Crippen molar-refractivity contribution >= 4 is 23.5 Å². The minimum atomic E-state index is -0.393. The minimum Gasteiger partial charge on any atom is -0.486 e. The molecule has 1 atom stereocenters. The molecule has 0 radical (unpaired) electrons. The molecule has 0 bridgehead atoms. The molecule has 4 rings (SSSR count). The van der Waals surface area contributed by atoms with Gasteiger partial charge in [0.15, 0.2) is 0 Å².